The highest BCUT2D eigenvalue weighted by Gasteiger charge is 2.05. The van der Waals surface area contributed by atoms with E-state index in [-0.39, 0.29) is 5.97 Å². The lowest BCUT2D eigenvalue weighted by Gasteiger charge is -2.02. The van der Waals surface area contributed by atoms with Gasteiger partial charge in [0.05, 0.1) is 0 Å². The molecule has 0 aliphatic heterocycles. The monoisotopic (exact) mass is 264 g/mol. The molecule has 3 nitrogen and oxygen atoms in total. The first-order chi connectivity index (χ1) is 9.33. The van der Waals surface area contributed by atoms with Crippen LogP contribution in [0, 0.1) is 0 Å². The second-order valence-corrected chi connectivity index (χ2v) is 4.91. The number of ether oxygens (including phenoxy) is 1. The highest BCUT2D eigenvalue weighted by Crippen LogP contribution is 2.08. The van der Waals surface area contributed by atoms with Gasteiger partial charge in [0, 0.05) is 18.6 Å². The summed E-state index contributed by atoms with van der Waals surface area (Å²) in [6.45, 7) is 2.54. The number of esters is 1. The Bertz CT molecular complexity index is 338. The predicted octanol–water partition coefficient (Wildman–Crippen LogP) is 3.62. The standard InChI is InChI=1S/C16H26NO2/c1-2-3-4-5-6-7-9-12-16(18)19-15-17-13-10-8-11-14-17/h8,10-11,13-14H,2-7,9,12,15H2,1H3/q+1. The molecule has 0 saturated heterocycles. The number of aromatic nitrogens is 1. The molecule has 0 unspecified atom stereocenters. The van der Waals surface area contributed by atoms with Crippen molar-refractivity contribution in [2.75, 3.05) is 0 Å². The van der Waals surface area contributed by atoms with Gasteiger partial charge in [-0.05, 0) is 6.42 Å². The van der Waals surface area contributed by atoms with Crippen molar-refractivity contribution in [3.8, 4) is 0 Å². The summed E-state index contributed by atoms with van der Waals surface area (Å²) < 4.78 is 7.05. The SMILES string of the molecule is CCCCCCCCCC(=O)OC[n+]1ccccc1. The molecule has 0 amide bonds. The van der Waals surface area contributed by atoms with Crippen molar-refractivity contribution in [3.05, 3.63) is 30.6 Å². The van der Waals surface area contributed by atoms with Crippen LogP contribution in [0.15, 0.2) is 30.6 Å². The Morgan fingerprint density at radius 2 is 1.58 bits per heavy atom. The molecular formula is C16H26NO2+. The minimum Gasteiger partial charge on any atom is -0.405 e. The lowest BCUT2D eigenvalue weighted by Crippen LogP contribution is -2.34. The maximum atomic E-state index is 11.5. The van der Waals surface area contributed by atoms with E-state index in [1.807, 2.05) is 35.2 Å². The van der Waals surface area contributed by atoms with Gasteiger partial charge in [-0.1, -0.05) is 51.5 Å². The summed E-state index contributed by atoms with van der Waals surface area (Å²) in [5.74, 6) is -0.0927. The van der Waals surface area contributed by atoms with Crippen LogP contribution in [0.2, 0.25) is 0 Å². The average molecular weight is 264 g/mol. The molecule has 0 aliphatic rings. The molecular weight excluding hydrogens is 238 g/mol. The van der Waals surface area contributed by atoms with E-state index in [2.05, 4.69) is 6.92 Å². The van der Waals surface area contributed by atoms with Crippen LogP contribution in [0.25, 0.3) is 0 Å². The summed E-state index contributed by atoms with van der Waals surface area (Å²) in [6.07, 6.45) is 12.9. The second kappa shape index (κ2) is 10.5. The van der Waals surface area contributed by atoms with Crippen molar-refractivity contribution in [3.63, 3.8) is 0 Å². The van der Waals surface area contributed by atoms with Crippen molar-refractivity contribution in [1.82, 2.24) is 0 Å². The molecule has 0 saturated carbocycles. The van der Waals surface area contributed by atoms with Gasteiger partial charge in [0.2, 0.25) is 0 Å². The van der Waals surface area contributed by atoms with Crippen molar-refractivity contribution < 1.29 is 14.1 Å². The fourth-order valence-corrected chi connectivity index (χ4v) is 1.97. The topological polar surface area (TPSA) is 30.2 Å². The fourth-order valence-electron chi connectivity index (χ4n) is 1.97. The lowest BCUT2D eigenvalue weighted by atomic mass is 10.1. The zero-order valence-corrected chi connectivity index (χ0v) is 12.0. The van der Waals surface area contributed by atoms with Crippen LogP contribution in [-0.4, -0.2) is 5.97 Å². The van der Waals surface area contributed by atoms with Crippen LogP contribution >= 0.6 is 0 Å². The normalized spacial score (nSPS) is 10.4. The Morgan fingerprint density at radius 3 is 2.26 bits per heavy atom. The largest absolute Gasteiger partial charge is 0.405 e. The first kappa shape index (κ1) is 15.7. The molecule has 0 atom stereocenters. The van der Waals surface area contributed by atoms with Crippen LogP contribution < -0.4 is 4.57 Å². The third kappa shape index (κ3) is 8.36. The zero-order valence-electron chi connectivity index (χ0n) is 12.0. The Balaban J connectivity index is 1.96. The minimum atomic E-state index is -0.0927. The molecule has 0 radical (unpaired) electrons. The van der Waals surface area contributed by atoms with Crippen molar-refractivity contribution in [2.45, 2.75) is 65.0 Å². The average Bonchev–Trinajstić information content (AvgIpc) is 2.45. The third-order valence-electron chi connectivity index (χ3n) is 3.14. The number of unbranched alkanes of at least 4 members (excludes halogenated alkanes) is 6. The quantitative estimate of drug-likeness (QED) is 0.367. The number of carbonyl (C=O) groups excluding carboxylic acids is 1. The number of hydrogen-bond acceptors (Lipinski definition) is 2. The van der Waals surface area contributed by atoms with E-state index in [1.54, 1.807) is 0 Å². The van der Waals surface area contributed by atoms with E-state index >= 15 is 0 Å². The number of rotatable bonds is 10. The molecule has 0 aliphatic carbocycles. The molecule has 106 valence electrons. The van der Waals surface area contributed by atoms with Gasteiger partial charge >= 0.3 is 5.97 Å². The molecule has 1 aromatic rings. The fraction of sp³-hybridized carbons (Fsp3) is 0.625. The van der Waals surface area contributed by atoms with Crippen LogP contribution in [0.3, 0.4) is 0 Å². The van der Waals surface area contributed by atoms with Crippen molar-refractivity contribution in [2.24, 2.45) is 0 Å². The molecule has 0 aromatic carbocycles. The highest BCUT2D eigenvalue weighted by molar-refractivity contribution is 5.68. The Morgan fingerprint density at radius 1 is 0.947 bits per heavy atom. The molecule has 0 bridgehead atoms. The maximum absolute atomic E-state index is 11.5. The highest BCUT2D eigenvalue weighted by atomic mass is 16.5. The predicted molar refractivity (Wildman–Crippen MR) is 75.3 cm³/mol. The van der Waals surface area contributed by atoms with E-state index in [1.165, 1.54) is 32.1 Å². The van der Waals surface area contributed by atoms with Gasteiger partial charge in [-0.15, -0.1) is 0 Å². The summed E-state index contributed by atoms with van der Waals surface area (Å²) in [6, 6.07) is 5.78. The van der Waals surface area contributed by atoms with Crippen LogP contribution in [0.1, 0.15) is 58.3 Å². The zero-order chi connectivity index (χ0) is 13.8. The Hall–Kier alpha value is -1.38. The van der Waals surface area contributed by atoms with Gasteiger partial charge in [-0.3, -0.25) is 4.79 Å². The number of carbonyl (C=O) groups is 1. The number of pyridine rings is 1. The van der Waals surface area contributed by atoms with E-state index < -0.39 is 0 Å². The summed E-state index contributed by atoms with van der Waals surface area (Å²) in [4.78, 5) is 11.5. The van der Waals surface area contributed by atoms with Gasteiger partial charge in [-0.25, -0.2) is 0 Å². The number of hydrogen-bond donors (Lipinski definition) is 0. The Labute approximate surface area is 116 Å². The molecule has 0 N–H and O–H groups in total. The first-order valence-corrected chi connectivity index (χ1v) is 7.42. The van der Waals surface area contributed by atoms with Gasteiger partial charge in [0.25, 0.3) is 6.73 Å². The molecule has 1 rings (SSSR count). The van der Waals surface area contributed by atoms with Gasteiger partial charge in [0.15, 0.2) is 12.4 Å². The molecule has 19 heavy (non-hydrogen) atoms. The van der Waals surface area contributed by atoms with Gasteiger partial charge < -0.3 is 4.74 Å². The summed E-state index contributed by atoms with van der Waals surface area (Å²) in [7, 11) is 0. The second-order valence-electron chi connectivity index (χ2n) is 4.91. The van der Waals surface area contributed by atoms with Crippen LogP contribution in [0.4, 0.5) is 0 Å². The molecule has 3 heteroatoms. The van der Waals surface area contributed by atoms with E-state index in [0.717, 1.165) is 12.8 Å². The van der Waals surface area contributed by atoms with E-state index in [0.29, 0.717) is 13.2 Å². The maximum Gasteiger partial charge on any atom is 0.310 e. The molecule has 1 heterocycles. The smallest absolute Gasteiger partial charge is 0.310 e. The third-order valence-corrected chi connectivity index (χ3v) is 3.14. The van der Waals surface area contributed by atoms with Gasteiger partial charge in [0.1, 0.15) is 0 Å². The molecule has 1 aromatic heterocycles. The lowest BCUT2D eigenvalue weighted by molar-refractivity contribution is -0.727. The Kier molecular flexibility index (Phi) is 8.69. The van der Waals surface area contributed by atoms with Crippen LogP contribution in [-0.2, 0) is 16.3 Å². The van der Waals surface area contributed by atoms with Crippen molar-refractivity contribution in [1.29, 1.82) is 0 Å². The minimum absolute atomic E-state index is 0.0927. The first-order valence-electron chi connectivity index (χ1n) is 7.42. The molecule has 0 fully saturated rings. The summed E-state index contributed by atoms with van der Waals surface area (Å²) >= 11 is 0. The van der Waals surface area contributed by atoms with Crippen molar-refractivity contribution >= 4 is 5.97 Å². The van der Waals surface area contributed by atoms with E-state index in [4.69, 9.17) is 4.74 Å². The summed E-state index contributed by atoms with van der Waals surface area (Å²) in [5, 5.41) is 0. The molecule has 0 spiro atoms. The van der Waals surface area contributed by atoms with Gasteiger partial charge in [-0.2, -0.15) is 4.57 Å². The summed E-state index contributed by atoms with van der Waals surface area (Å²) in [5.41, 5.74) is 0. The van der Waals surface area contributed by atoms with Crippen LogP contribution in [0.5, 0.6) is 0 Å². The number of nitrogens with zero attached hydrogens (tertiary/aromatic N) is 1. The van der Waals surface area contributed by atoms with E-state index in [9.17, 15) is 4.79 Å².